The molecule has 0 aliphatic carbocycles. The number of carbonyl (C=O) groups is 1. The van der Waals surface area contributed by atoms with Crippen LogP contribution in [0.1, 0.15) is 35.2 Å². The van der Waals surface area contributed by atoms with Crippen molar-refractivity contribution < 1.29 is 18.0 Å². The number of hydrogen-bond acceptors (Lipinski definition) is 4. The number of piperidine rings is 1. The van der Waals surface area contributed by atoms with Crippen LogP contribution in [-0.2, 0) is 6.18 Å². The highest BCUT2D eigenvalue weighted by Gasteiger charge is 2.30. The first kappa shape index (κ1) is 17.2. The summed E-state index contributed by atoms with van der Waals surface area (Å²) in [5.41, 5.74) is -0.602. The number of amides is 1. The van der Waals surface area contributed by atoms with Gasteiger partial charge in [0.05, 0.1) is 23.6 Å². The molecular formula is C17H17F3N4O. The van der Waals surface area contributed by atoms with Gasteiger partial charge in [-0.2, -0.15) is 13.2 Å². The summed E-state index contributed by atoms with van der Waals surface area (Å²) in [6, 6.07) is 4.27. The smallest absolute Gasteiger partial charge is 0.341 e. The van der Waals surface area contributed by atoms with Crippen LogP contribution in [0.15, 0.2) is 36.7 Å². The first-order valence-corrected chi connectivity index (χ1v) is 7.99. The number of aromatic nitrogens is 2. The van der Waals surface area contributed by atoms with Gasteiger partial charge in [0.15, 0.2) is 0 Å². The highest BCUT2D eigenvalue weighted by molar-refractivity contribution is 6.04. The van der Waals surface area contributed by atoms with Crippen LogP contribution >= 0.6 is 0 Å². The molecule has 2 heterocycles. The molecule has 1 saturated heterocycles. The van der Waals surface area contributed by atoms with Gasteiger partial charge in [-0.15, -0.1) is 0 Å². The van der Waals surface area contributed by atoms with Crippen molar-refractivity contribution in [1.82, 2.24) is 9.97 Å². The number of nitrogens with zero attached hydrogens (tertiary/aromatic N) is 3. The van der Waals surface area contributed by atoms with E-state index in [4.69, 9.17) is 0 Å². The number of nitrogens with one attached hydrogen (secondary N) is 1. The first-order valence-electron chi connectivity index (χ1n) is 7.99. The van der Waals surface area contributed by atoms with Gasteiger partial charge < -0.3 is 10.2 Å². The molecule has 1 aromatic heterocycles. The molecule has 1 amide bonds. The maximum absolute atomic E-state index is 12.7. The van der Waals surface area contributed by atoms with Gasteiger partial charge in [-0.1, -0.05) is 6.07 Å². The van der Waals surface area contributed by atoms with Crippen molar-refractivity contribution in [1.29, 1.82) is 0 Å². The molecule has 3 rings (SSSR count). The van der Waals surface area contributed by atoms with E-state index in [2.05, 4.69) is 20.2 Å². The van der Waals surface area contributed by atoms with Crippen LogP contribution in [0.2, 0.25) is 0 Å². The van der Waals surface area contributed by atoms with E-state index in [1.54, 1.807) is 0 Å². The number of halogens is 3. The largest absolute Gasteiger partial charge is 0.416 e. The number of carbonyl (C=O) groups excluding carboxylic acids is 1. The standard InChI is InChI=1S/C17H17F3N4O/c18-17(19,20)13-6-4-5-12(9-13)15(25)23-14-10-21-16(22-11-14)24-7-2-1-3-8-24/h4-6,9-11H,1-3,7-8H2,(H,23,25). The second kappa shape index (κ2) is 7.08. The Bertz CT molecular complexity index is 740. The van der Waals surface area contributed by atoms with Crippen molar-refractivity contribution in [3.63, 3.8) is 0 Å². The maximum Gasteiger partial charge on any atom is 0.416 e. The summed E-state index contributed by atoms with van der Waals surface area (Å²) in [5, 5.41) is 2.52. The molecule has 5 nitrogen and oxygen atoms in total. The fourth-order valence-electron chi connectivity index (χ4n) is 2.68. The van der Waals surface area contributed by atoms with Gasteiger partial charge >= 0.3 is 6.18 Å². The molecule has 0 radical (unpaired) electrons. The molecule has 1 aromatic carbocycles. The Kier molecular flexibility index (Phi) is 4.87. The molecule has 1 N–H and O–H groups in total. The van der Waals surface area contributed by atoms with Crippen LogP contribution in [0.5, 0.6) is 0 Å². The predicted molar refractivity (Wildman–Crippen MR) is 87.5 cm³/mol. The molecule has 1 aliphatic heterocycles. The van der Waals surface area contributed by atoms with Crippen LogP contribution in [-0.4, -0.2) is 29.0 Å². The fourth-order valence-corrected chi connectivity index (χ4v) is 2.68. The molecule has 1 fully saturated rings. The molecule has 2 aromatic rings. The second-order valence-corrected chi connectivity index (χ2v) is 5.85. The van der Waals surface area contributed by atoms with Crippen LogP contribution in [0, 0.1) is 0 Å². The quantitative estimate of drug-likeness (QED) is 0.916. The van der Waals surface area contributed by atoms with E-state index >= 15 is 0 Å². The van der Waals surface area contributed by atoms with Crippen molar-refractivity contribution in [3.8, 4) is 0 Å². The van der Waals surface area contributed by atoms with Crippen molar-refractivity contribution in [3.05, 3.63) is 47.8 Å². The van der Waals surface area contributed by atoms with Crippen molar-refractivity contribution in [2.45, 2.75) is 25.4 Å². The summed E-state index contributed by atoms with van der Waals surface area (Å²) in [7, 11) is 0. The number of rotatable bonds is 3. The Morgan fingerprint density at radius 3 is 2.40 bits per heavy atom. The van der Waals surface area contributed by atoms with Gasteiger partial charge in [-0.25, -0.2) is 9.97 Å². The van der Waals surface area contributed by atoms with Gasteiger partial charge in [0.25, 0.3) is 5.91 Å². The number of alkyl halides is 3. The third kappa shape index (κ3) is 4.26. The molecular weight excluding hydrogens is 333 g/mol. The van der Waals surface area contributed by atoms with Crippen LogP contribution < -0.4 is 10.2 Å². The van der Waals surface area contributed by atoms with E-state index in [0.29, 0.717) is 11.6 Å². The second-order valence-electron chi connectivity index (χ2n) is 5.85. The molecule has 1 aliphatic rings. The molecule has 8 heteroatoms. The Labute approximate surface area is 142 Å². The summed E-state index contributed by atoms with van der Waals surface area (Å²) in [5.74, 6) is -0.0443. The zero-order valence-corrected chi connectivity index (χ0v) is 13.4. The lowest BCUT2D eigenvalue weighted by molar-refractivity contribution is -0.137. The molecule has 132 valence electrons. The summed E-state index contributed by atoms with van der Waals surface area (Å²) in [6.45, 7) is 1.80. The van der Waals surface area contributed by atoms with Crippen LogP contribution in [0.3, 0.4) is 0 Å². The van der Waals surface area contributed by atoms with E-state index in [-0.39, 0.29) is 5.56 Å². The minimum Gasteiger partial charge on any atom is -0.341 e. The average Bonchev–Trinajstić information content (AvgIpc) is 2.62. The monoisotopic (exact) mass is 350 g/mol. The van der Waals surface area contributed by atoms with Crippen LogP contribution in [0.4, 0.5) is 24.8 Å². The molecule has 0 saturated carbocycles. The lowest BCUT2D eigenvalue weighted by atomic mass is 10.1. The summed E-state index contributed by atoms with van der Waals surface area (Å²) in [6.07, 6.45) is 1.82. The molecule has 0 unspecified atom stereocenters. The highest BCUT2D eigenvalue weighted by Crippen LogP contribution is 2.29. The van der Waals surface area contributed by atoms with Crippen molar-refractivity contribution in [2.24, 2.45) is 0 Å². The van der Waals surface area contributed by atoms with E-state index in [0.717, 1.165) is 38.1 Å². The summed E-state index contributed by atoms with van der Waals surface area (Å²) in [4.78, 5) is 22.7. The third-order valence-electron chi connectivity index (χ3n) is 3.99. The Balaban J connectivity index is 1.68. The minimum atomic E-state index is -4.49. The Morgan fingerprint density at radius 2 is 1.76 bits per heavy atom. The lowest BCUT2D eigenvalue weighted by Gasteiger charge is -2.26. The molecule has 25 heavy (non-hydrogen) atoms. The first-order chi connectivity index (χ1) is 11.9. The van der Waals surface area contributed by atoms with Gasteiger partial charge in [0.1, 0.15) is 0 Å². The molecule has 0 spiro atoms. The normalized spacial score (nSPS) is 15.1. The summed E-state index contributed by atoms with van der Waals surface area (Å²) < 4.78 is 38.2. The van der Waals surface area contributed by atoms with Crippen molar-refractivity contribution >= 4 is 17.5 Å². The number of benzene rings is 1. The summed E-state index contributed by atoms with van der Waals surface area (Å²) >= 11 is 0. The van der Waals surface area contributed by atoms with Crippen molar-refractivity contribution in [2.75, 3.05) is 23.3 Å². The van der Waals surface area contributed by atoms with E-state index < -0.39 is 17.6 Å². The third-order valence-corrected chi connectivity index (χ3v) is 3.99. The number of anilines is 2. The average molecular weight is 350 g/mol. The minimum absolute atomic E-state index is 0.0741. The predicted octanol–water partition coefficient (Wildman–Crippen LogP) is 3.74. The van der Waals surface area contributed by atoms with Gasteiger partial charge in [-0.05, 0) is 37.5 Å². The zero-order chi connectivity index (χ0) is 17.9. The molecule has 0 atom stereocenters. The maximum atomic E-state index is 12.7. The Hall–Kier alpha value is -2.64. The van der Waals surface area contributed by atoms with E-state index in [1.165, 1.54) is 30.9 Å². The lowest BCUT2D eigenvalue weighted by Crippen LogP contribution is -2.30. The van der Waals surface area contributed by atoms with Gasteiger partial charge in [0, 0.05) is 18.7 Å². The van der Waals surface area contributed by atoms with Gasteiger partial charge in [0.2, 0.25) is 5.95 Å². The Morgan fingerprint density at radius 1 is 1.08 bits per heavy atom. The zero-order valence-electron chi connectivity index (χ0n) is 13.4. The SMILES string of the molecule is O=C(Nc1cnc(N2CCCCC2)nc1)c1cccc(C(F)(F)F)c1. The highest BCUT2D eigenvalue weighted by atomic mass is 19.4. The molecule has 0 bridgehead atoms. The topological polar surface area (TPSA) is 58.1 Å². The van der Waals surface area contributed by atoms with E-state index in [1.807, 2.05) is 0 Å². The van der Waals surface area contributed by atoms with Crippen LogP contribution in [0.25, 0.3) is 0 Å². The number of hydrogen-bond donors (Lipinski definition) is 1. The van der Waals surface area contributed by atoms with E-state index in [9.17, 15) is 18.0 Å². The van der Waals surface area contributed by atoms with Gasteiger partial charge in [-0.3, -0.25) is 4.79 Å². The fraction of sp³-hybridized carbons (Fsp3) is 0.353.